The molecule has 0 aliphatic carbocycles. The molecule has 0 radical (unpaired) electrons. The summed E-state index contributed by atoms with van der Waals surface area (Å²) in [4.78, 5) is 19.5. The van der Waals surface area contributed by atoms with Crippen LogP contribution in [0, 0.1) is 0 Å². The van der Waals surface area contributed by atoms with Gasteiger partial charge in [0, 0.05) is 12.4 Å². The Kier molecular flexibility index (Phi) is 2.36. The number of aromatic nitrogens is 4. The van der Waals surface area contributed by atoms with E-state index < -0.39 is 0 Å². The Labute approximate surface area is 84.4 Å². The van der Waals surface area contributed by atoms with Crippen molar-refractivity contribution in [2.75, 3.05) is 0 Å². The van der Waals surface area contributed by atoms with E-state index in [1.807, 2.05) is 0 Å². The predicted molar refractivity (Wildman–Crippen MR) is 51.2 cm³/mol. The molecule has 0 aliphatic heterocycles. The summed E-state index contributed by atoms with van der Waals surface area (Å²) in [6, 6.07) is 0. The van der Waals surface area contributed by atoms with Gasteiger partial charge in [-0.2, -0.15) is 5.10 Å². The Bertz CT molecular complexity index is 434. The van der Waals surface area contributed by atoms with Gasteiger partial charge in [-0.1, -0.05) is 0 Å². The number of rotatable bonds is 3. The summed E-state index contributed by atoms with van der Waals surface area (Å²) in [6.45, 7) is 0. The van der Waals surface area contributed by atoms with Crippen molar-refractivity contribution in [3.63, 3.8) is 0 Å². The number of hydrogen-bond acceptors (Lipinski definition) is 5. The van der Waals surface area contributed by atoms with Crippen molar-refractivity contribution in [1.82, 2.24) is 19.7 Å². The standard InChI is InChI=1S/C8H8N4OS/c1-12-8(9-4-11-12)2-7(13)6-3-14-5-10-6/h3-5H,2H2,1H3. The molecule has 0 saturated heterocycles. The van der Waals surface area contributed by atoms with Gasteiger partial charge in [-0.15, -0.1) is 11.3 Å². The van der Waals surface area contributed by atoms with E-state index in [0.717, 1.165) is 0 Å². The van der Waals surface area contributed by atoms with E-state index in [4.69, 9.17) is 0 Å². The van der Waals surface area contributed by atoms with Gasteiger partial charge in [-0.3, -0.25) is 9.48 Å². The van der Waals surface area contributed by atoms with E-state index in [1.165, 1.54) is 17.7 Å². The highest BCUT2D eigenvalue weighted by molar-refractivity contribution is 7.07. The van der Waals surface area contributed by atoms with E-state index in [2.05, 4.69) is 15.1 Å². The van der Waals surface area contributed by atoms with Gasteiger partial charge < -0.3 is 0 Å². The van der Waals surface area contributed by atoms with Crippen molar-refractivity contribution in [3.8, 4) is 0 Å². The van der Waals surface area contributed by atoms with Crippen LogP contribution in [-0.2, 0) is 13.5 Å². The van der Waals surface area contributed by atoms with E-state index in [1.54, 1.807) is 22.6 Å². The minimum Gasteiger partial charge on any atom is -0.292 e. The first-order chi connectivity index (χ1) is 6.77. The van der Waals surface area contributed by atoms with Crippen molar-refractivity contribution in [3.05, 3.63) is 28.7 Å². The predicted octanol–water partition coefficient (Wildman–Crippen LogP) is 0.697. The van der Waals surface area contributed by atoms with E-state index in [-0.39, 0.29) is 12.2 Å². The summed E-state index contributed by atoms with van der Waals surface area (Å²) < 4.78 is 1.59. The first-order valence-electron chi connectivity index (χ1n) is 4.01. The van der Waals surface area contributed by atoms with Gasteiger partial charge in [-0.25, -0.2) is 9.97 Å². The molecular weight excluding hydrogens is 200 g/mol. The highest BCUT2D eigenvalue weighted by Gasteiger charge is 2.11. The second-order valence-corrected chi connectivity index (χ2v) is 3.49. The SMILES string of the molecule is Cn1ncnc1CC(=O)c1cscn1. The Hall–Kier alpha value is -1.56. The van der Waals surface area contributed by atoms with E-state index >= 15 is 0 Å². The van der Waals surface area contributed by atoms with Crippen LogP contribution in [0.1, 0.15) is 16.3 Å². The van der Waals surface area contributed by atoms with Crippen LogP contribution in [0.2, 0.25) is 0 Å². The fourth-order valence-corrected chi connectivity index (χ4v) is 1.62. The molecule has 0 bridgehead atoms. The molecule has 0 amide bonds. The largest absolute Gasteiger partial charge is 0.292 e. The number of carbonyl (C=O) groups is 1. The maximum Gasteiger partial charge on any atom is 0.189 e. The minimum absolute atomic E-state index is 0.0256. The second kappa shape index (κ2) is 3.67. The molecule has 0 aliphatic rings. The highest BCUT2D eigenvalue weighted by atomic mass is 32.1. The number of aryl methyl sites for hydroxylation is 1. The summed E-state index contributed by atoms with van der Waals surface area (Å²) in [6.07, 6.45) is 1.68. The lowest BCUT2D eigenvalue weighted by Gasteiger charge is -1.96. The van der Waals surface area contributed by atoms with Crippen molar-refractivity contribution in [2.24, 2.45) is 7.05 Å². The molecule has 14 heavy (non-hydrogen) atoms. The van der Waals surface area contributed by atoms with Crippen LogP contribution in [-0.4, -0.2) is 25.5 Å². The molecule has 2 rings (SSSR count). The normalized spacial score (nSPS) is 10.4. The molecule has 0 aromatic carbocycles. The van der Waals surface area contributed by atoms with Crippen LogP contribution in [0.15, 0.2) is 17.2 Å². The smallest absolute Gasteiger partial charge is 0.189 e. The summed E-state index contributed by atoms with van der Waals surface area (Å²) in [7, 11) is 1.76. The van der Waals surface area contributed by atoms with E-state index in [0.29, 0.717) is 11.5 Å². The maximum atomic E-state index is 11.6. The first kappa shape index (κ1) is 9.01. The van der Waals surface area contributed by atoms with Crippen LogP contribution in [0.4, 0.5) is 0 Å². The zero-order chi connectivity index (χ0) is 9.97. The molecule has 0 N–H and O–H groups in total. The lowest BCUT2D eigenvalue weighted by atomic mass is 10.2. The zero-order valence-electron chi connectivity index (χ0n) is 7.54. The number of hydrogen-bond donors (Lipinski definition) is 0. The maximum absolute atomic E-state index is 11.6. The molecule has 72 valence electrons. The summed E-state index contributed by atoms with van der Waals surface area (Å²) in [5.74, 6) is 0.630. The highest BCUT2D eigenvalue weighted by Crippen LogP contribution is 2.05. The second-order valence-electron chi connectivity index (χ2n) is 2.77. The number of nitrogens with zero attached hydrogens (tertiary/aromatic N) is 4. The fourth-order valence-electron chi connectivity index (χ4n) is 1.06. The molecular formula is C8H8N4OS. The molecule has 0 unspecified atom stereocenters. The Morgan fingerprint density at radius 3 is 3.00 bits per heavy atom. The zero-order valence-corrected chi connectivity index (χ0v) is 8.36. The summed E-state index contributed by atoms with van der Waals surface area (Å²) >= 11 is 1.41. The first-order valence-corrected chi connectivity index (χ1v) is 4.96. The molecule has 2 heterocycles. The van der Waals surface area contributed by atoms with E-state index in [9.17, 15) is 4.79 Å². The lowest BCUT2D eigenvalue weighted by molar-refractivity contribution is 0.0985. The Morgan fingerprint density at radius 1 is 1.57 bits per heavy atom. The third-order valence-electron chi connectivity index (χ3n) is 1.84. The third-order valence-corrected chi connectivity index (χ3v) is 2.43. The molecule has 2 aromatic heterocycles. The van der Waals surface area contributed by atoms with Crippen molar-refractivity contribution in [2.45, 2.75) is 6.42 Å². The molecule has 6 heteroatoms. The number of ketones is 1. The van der Waals surface area contributed by atoms with Crippen molar-refractivity contribution >= 4 is 17.1 Å². The van der Waals surface area contributed by atoms with Crippen LogP contribution >= 0.6 is 11.3 Å². The van der Waals surface area contributed by atoms with Gasteiger partial charge >= 0.3 is 0 Å². The average molecular weight is 208 g/mol. The van der Waals surface area contributed by atoms with Gasteiger partial charge in [0.15, 0.2) is 5.78 Å². The topological polar surface area (TPSA) is 60.7 Å². The number of carbonyl (C=O) groups excluding carboxylic acids is 1. The number of thiazole rings is 1. The number of Topliss-reactive ketones (excluding diaryl/α,β-unsaturated/α-hetero) is 1. The molecule has 0 spiro atoms. The lowest BCUT2D eigenvalue weighted by Crippen LogP contribution is -2.09. The monoisotopic (exact) mass is 208 g/mol. The molecule has 0 atom stereocenters. The van der Waals surface area contributed by atoms with Crippen LogP contribution in [0.5, 0.6) is 0 Å². The summed E-state index contributed by atoms with van der Waals surface area (Å²) in [5, 5.41) is 5.62. The van der Waals surface area contributed by atoms with Gasteiger partial charge in [0.25, 0.3) is 0 Å². The van der Waals surface area contributed by atoms with Crippen LogP contribution in [0.3, 0.4) is 0 Å². The molecule has 0 fully saturated rings. The molecule has 5 nitrogen and oxygen atoms in total. The van der Waals surface area contributed by atoms with Crippen molar-refractivity contribution < 1.29 is 4.79 Å². The Balaban J connectivity index is 2.13. The van der Waals surface area contributed by atoms with Crippen molar-refractivity contribution in [1.29, 1.82) is 0 Å². The third kappa shape index (κ3) is 1.69. The van der Waals surface area contributed by atoms with Crippen LogP contribution in [0.25, 0.3) is 0 Å². The fraction of sp³-hybridized carbons (Fsp3) is 0.250. The minimum atomic E-state index is -0.0256. The Morgan fingerprint density at radius 2 is 2.43 bits per heavy atom. The molecule has 2 aromatic rings. The quantitative estimate of drug-likeness (QED) is 0.696. The van der Waals surface area contributed by atoms with Gasteiger partial charge in [0.05, 0.1) is 11.9 Å². The molecule has 0 saturated carbocycles. The van der Waals surface area contributed by atoms with Gasteiger partial charge in [-0.05, 0) is 0 Å². The van der Waals surface area contributed by atoms with Crippen LogP contribution < -0.4 is 0 Å². The van der Waals surface area contributed by atoms with Gasteiger partial charge in [0.2, 0.25) is 0 Å². The summed E-state index contributed by atoms with van der Waals surface area (Å²) in [5.41, 5.74) is 2.14. The van der Waals surface area contributed by atoms with Gasteiger partial charge in [0.1, 0.15) is 17.8 Å². The average Bonchev–Trinajstić information content (AvgIpc) is 2.77.